The summed E-state index contributed by atoms with van der Waals surface area (Å²) in [4.78, 5) is 14.1. The number of aromatic amines is 1. The molecular weight excluding hydrogens is 240 g/mol. The Morgan fingerprint density at radius 2 is 2.32 bits per heavy atom. The van der Waals surface area contributed by atoms with E-state index in [0.717, 1.165) is 31.8 Å². The van der Waals surface area contributed by atoms with Gasteiger partial charge in [-0.15, -0.1) is 0 Å². The number of hydrogen-bond acceptors (Lipinski definition) is 3. The summed E-state index contributed by atoms with van der Waals surface area (Å²) in [5.74, 6) is 1.61. The van der Waals surface area contributed by atoms with Crippen LogP contribution in [0, 0.1) is 11.8 Å². The summed E-state index contributed by atoms with van der Waals surface area (Å²) in [7, 11) is 0. The molecule has 0 radical (unpaired) electrons. The summed E-state index contributed by atoms with van der Waals surface area (Å²) in [5, 5.41) is 6.70. The Morgan fingerprint density at radius 1 is 1.47 bits per heavy atom. The fraction of sp³-hybridized carbons (Fsp3) is 0.714. The lowest BCUT2D eigenvalue weighted by molar-refractivity contribution is -0.130. The Bertz CT molecular complexity index is 427. The monoisotopic (exact) mass is 262 g/mol. The van der Waals surface area contributed by atoms with E-state index in [2.05, 4.69) is 10.2 Å². The molecule has 0 unspecified atom stereocenters. The molecule has 1 amide bonds. The third-order valence-corrected chi connectivity index (χ3v) is 4.40. The first-order valence-corrected chi connectivity index (χ1v) is 7.25. The SMILES string of the molecule is N[C@H]1CN(C(=O)CCCc2cn[nH]c2)C[C@@H]1C1CC1. The molecule has 2 atom stereocenters. The van der Waals surface area contributed by atoms with E-state index in [0.29, 0.717) is 12.3 Å². The van der Waals surface area contributed by atoms with Crippen LogP contribution in [-0.2, 0) is 11.2 Å². The number of likely N-dealkylation sites (tertiary alicyclic amines) is 1. The minimum atomic E-state index is 0.199. The van der Waals surface area contributed by atoms with Gasteiger partial charge in [0, 0.05) is 31.7 Å². The highest BCUT2D eigenvalue weighted by molar-refractivity contribution is 5.76. The average Bonchev–Trinajstić information content (AvgIpc) is 2.96. The lowest BCUT2D eigenvalue weighted by Gasteiger charge is -2.16. The van der Waals surface area contributed by atoms with Gasteiger partial charge in [0.2, 0.25) is 5.91 Å². The van der Waals surface area contributed by atoms with Crippen molar-refractivity contribution in [2.24, 2.45) is 17.6 Å². The number of rotatable bonds is 5. The quantitative estimate of drug-likeness (QED) is 0.829. The van der Waals surface area contributed by atoms with Gasteiger partial charge in [0.15, 0.2) is 0 Å². The van der Waals surface area contributed by atoms with Gasteiger partial charge in [-0.3, -0.25) is 9.89 Å². The molecule has 1 aromatic rings. The van der Waals surface area contributed by atoms with Crippen LogP contribution in [0.4, 0.5) is 0 Å². The number of carbonyl (C=O) groups is 1. The largest absolute Gasteiger partial charge is 0.341 e. The Hall–Kier alpha value is -1.36. The van der Waals surface area contributed by atoms with Gasteiger partial charge < -0.3 is 10.6 Å². The third-order valence-electron chi connectivity index (χ3n) is 4.40. The maximum absolute atomic E-state index is 12.2. The fourth-order valence-corrected chi connectivity index (χ4v) is 3.10. The minimum Gasteiger partial charge on any atom is -0.341 e. The molecule has 19 heavy (non-hydrogen) atoms. The van der Waals surface area contributed by atoms with Crippen LogP contribution in [0.15, 0.2) is 12.4 Å². The topological polar surface area (TPSA) is 75.0 Å². The van der Waals surface area contributed by atoms with Crippen LogP contribution in [0.2, 0.25) is 0 Å². The van der Waals surface area contributed by atoms with Crippen molar-refractivity contribution in [2.75, 3.05) is 13.1 Å². The molecule has 2 aliphatic rings. The van der Waals surface area contributed by atoms with Gasteiger partial charge in [-0.1, -0.05) is 0 Å². The molecule has 5 heteroatoms. The number of nitrogens with one attached hydrogen (secondary N) is 1. The van der Waals surface area contributed by atoms with Gasteiger partial charge in [-0.2, -0.15) is 5.10 Å². The fourth-order valence-electron chi connectivity index (χ4n) is 3.10. The first kappa shape index (κ1) is 12.7. The molecule has 2 fully saturated rings. The van der Waals surface area contributed by atoms with Crippen LogP contribution >= 0.6 is 0 Å². The van der Waals surface area contributed by atoms with Crippen molar-refractivity contribution >= 4 is 5.91 Å². The molecule has 1 aromatic heterocycles. The number of H-pyrrole nitrogens is 1. The van der Waals surface area contributed by atoms with E-state index in [-0.39, 0.29) is 11.9 Å². The molecule has 0 spiro atoms. The molecule has 1 aliphatic carbocycles. The molecule has 3 N–H and O–H groups in total. The summed E-state index contributed by atoms with van der Waals surface area (Å²) < 4.78 is 0. The van der Waals surface area contributed by atoms with E-state index >= 15 is 0 Å². The van der Waals surface area contributed by atoms with Gasteiger partial charge in [-0.05, 0) is 43.1 Å². The molecule has 3 rings (SSSR count). The van der Waals surface area contributed by atoms with Crippen molar-refractivity contribution in [3.8, 4) is 0 Å². The van der Waals surface area contributed by atoms with Gasteiger partial charge >= 0.3 is 0 Å². The zero-order valence-electron chi connectivity index (χ0n) is 11.2. The molecule has 2 heterocycles. The number of nitrogens with two attached hydrogens (primary N) is 1. The standard InChI is InChI=1S/C14H22N4O/c15-13-9-18(8-12(13)11-4-5-11)14(19)3-1-2-10-6-16-17-7-10/h6-7,11-13H,1-5,8-9,15H2,(H,16,17)/t12-,13+/m1/s1. The summed E-state index contributed by atoms with van der Waals surface area (Å²) in [5.41, 5.74) is 7.32. The normalized spacial score (nSPS) is 26.9. The highest BCUT2D eigenvalue weighted by Crippen LogP contribution is 2.40. The van der Waals surface area contributed by atoms with Crippen LogP contribution in [-0.4, -0.2) is 40.1 Å². The number of aryl methyl sites for hydroxylation is 1. The zero-order chi connectivity index (χ0) is 13.2. The molecule has 0 bridgehead atoms. The van der Waals surface area contributed by atoms with Crippen LogP contribution in [0.5, 0.6) is 0 Å². The minimum absolute atomic E-state index is 0.199. The third kappa shape index (κ3) is 2.97. The number of aromatic nitrogens is 2. The second kappa shape index (κ2) is 5.33. The van der Waals surface area contributed by atoms with Crippen LogP contribution < -0.4 is 5.73 Å². The molecular formula is C14H22N4O. The Morgan fingerprint density at radius 3 is 3.00 bits per heavy atom. The summed E-state index contributed by atoms with van der Waals surface area (Å²) >= 11 is 0. The van der Waals surface area contributed by atoms with Gasteiger partial charge in [0.25, 0.3) is 0 Å². The van der Waals surface area contributed by atoms with E-state index in [1.807, 2.05) is 17.3 Å². The Kier molecular flexibility index (Phi) is 3.55. The predicted octanol–water partition coefficient (Wildman–Crippen LogP) is 0.928. The zero-order valence-corrected chi connectivity index (χ0v) is 11.2. The molecule has 1 saturated heterocycles. The Labute approximate surface area is 113 Å². The number of amides is 1. The predicted molar refractivity (Wildman–Crippen MR) is 72.3 cm³/mol. The van der Waals surface area contributed by atoms with E-state index in [4.69, 9.17) is 5.73 Å². The maximum atomic E-state index is 12.2. The molecule has 104 valence electrons. The lowest BCUT2D eigenvalue weighted by atomic mass is 9.99. The second-order valence-electron chi connectivity index (χ2n) is 5.92. The van der Waals surface area contributed by atoms with Crippen LogP contribution in [0.1, 0.15) is 31.2 Å². The summed E-state index contributed by atoms with van der Waals surface area (Å²) in [6, 6.07) is 0.199. The van der Waals surface area contributed by atoms with Crippen molar-refractivity contribution in [1.29, 1.82) is 0 Å². The first-order chi connectivity index (χ1) is 9.24. The van der Waals surface area contributed by atoms with Gasteiger partial charge in [-0.25, -0.2) is 0 Å². The maximum Gasteiger partial charge on any atom is 0.222 e. The summed E-state index contributed by atoms with van der Waals surface area (Å²) in [6.45, 7) is 1.64. The van der Waals surface area contributed by atoms with Crippen molar-refractivity contribution < 1.29 is 4.79 Å². The van der Waals surface area contributed by atoms with Crippen LogP contribution in [0.25, 0.3) is 0 Å². The first-order valence-electron chi connectivity index (χ1n) is 7.25. The number of nitrogens with zero attached hydrogens (tertiary/aromatic N) is 2. The molecule has 0 aromatic carbocycles. The van der Waals surface area contributed by atoms with Crippen molar-refractivity contribution in [3.63, 3.8) is 0 Å². The molecule has 5 nitrogen and oxygen atoms in total. The van der Waals surface area contributed by atoms with Crippen LogP contribution in [0.3, 0.4) is 0 Å². The van der Waals surface area contributed by atoms with Gasteiger partial charge in [0.05, 0.1) is 6.20 Å². The Balaban J connectivity index is 1.43. The second-order valence-corrected chi connectivity index (χ2v) is 5.92. The highest BCUT2D eigenvalue weighted by Gasteiger charge is 2.41. The van der Waals surface area contributed by atoms with E-state index in [1.165, 1.54) is 18.4 Å². The van der Waals surface area contributed by atoms with E-state index in [9.17, 15) is 4.79 Å². The average molecular weight is 262 g/mol. The van der Waals surface area contributed by atoms with E-state index in [1.54, 1.807) is 0 Å². The van der Waals surface area contributed by atoms with Gasteiger partial charge in [0.1, 0.15) is 0 Å². The van der Waals surface area contributed by atoms with Crippen molar-refractivity contribution in [3.05, 3.63) is 18.0 Å². The lowest BCUT2D eigenvalue weighted by Crippen LogP contribution is -2.32. The summed E-state index contributed by atoms with van der Waals surface area (Å²) in [6.07, 6.45) is 8.74. The van der Waals surface area contributed by atoms with Crippen molar-refractivity contribution in [1.82, 2.24) is 15.1 Å². The number of hydrogen-bond donors (Lipinski definition) is 2. The highest BCUT2D eigenvalue weighted by atomic mass is 16.2. The van der Waals surface area contributed by atoms with E-state index < -0.39 is 0 Å². The smallest absolute Gasteiger partial charge is 0.222 e. The number of carbonyl (C=O) groups excluding carboxylic acids is 1. The molecule has 1 aliphatic heterocycles. The van der Waals surface area contributed by atoms with Crippen molar-refractivity contribution in [2.45, 2.75) is 38.1 Å². The molecule has 1 saturated carbocycles.